The van der Waals surface area contributed by atoms with E-state index in [4.69, 9.17) is 4.74 Å². The van der Waals surface area contributed by atoms with Crippen LogP contribution in [-0.4, -0.2) is 41.0 Å². The van der Waals surface area contributed by atoms with Crippen molar-refractivity contribution in [2.24, 2.45) is 16.2 Å². The maximum atomic E-state index is 13.9. The molecule has 5 nitrogen and oxygen atoms in total. The summed E-state index contributed by atoms with van der Waals surface area (Å²) in [6.45, 7) is 9.51. The SMILES string of the molecule is CCC(CC)Oc1ccc(F)c(F)c1.CCC1SN=C(C(=O)NC2CC(C(C)=O)CC2F)C1C. The number of Topliss-reactive ketones (excluding diaryl/α,β-unsaturated/α-hetero) is 1. The average Bonchev–Trinajstić information content (AvgIpc) is 3.37. The number of nitrogens with one attached hydrogen (secondary N) is 1. The molecule has 3 rings (SSSR count). The third-order valence-electron chi connectivity index (χ3n) is 6.39. The summed E-state index contributed by atoms with van der Waals surface area (Å²) in [4.78, 5) is 23.5. The van der Waals surface area contributed by atoms with Crippen molar-refractivity contribution in [3.8, 4) is 5.75 Å². The predicted octanol–water partition coefficient (Wildman–Crippen LogP) is 5.86. The van der Waals surface area contributed by atoms with Crippen molar-refractivity contribution in [2.75, 3.05) is 0 Å². The van der Waals surface area contributed by atoms with Crippen molar-refractivity contribution in [1.29, 1.82) is 0 Å². The molecule has 1 aliphatic carbocycles. The van der Waals surface area contributed by atoms with Gasteiger partial charge in [0.25, 0.3) is 5.91 Å². The van der Waals surface area contributed by atoms with E-state index in [0.29, 0.717) is 23.1 Å². The van der Waals surface area contributed by atoms with E-state index in [0.717, 1.165) is 31.4 Å². The maximum absolute atomic E-state index is 13.9. The summed E-state index contributed by atoms with van der Waals surface area (Å²) in [6.07, 6.45) is 2.21. The molecule has 5 unspecified atom stereocenters. The minimum absolute atomic E-state index is 0.00224. The smallest absolute Gasteiger partial charge is 0.266 e. The van der Waals surface area contributed by atoms with Crippen LogP contribution in [0.25, 0.3) is 0 Å². The molecule has 1 N–H and O–H groups in total. The molecule has 1 saturated carbocycles. The largest absolute Gasteiger partial charge is 0.490 e. The quantitative estimate of drug-likeness (QED) is 0.454. The minimum atomic E-state index is -1.14. The molecule has 1 amide bonds. The van der Waals surface area contributed by atoms with Gasteiger partial charge in [0.1, 0.15) is 23.4 Å². The Morgan fingerprint density at radius 1 is 1.18 bits per heavy atom. The van der Waals surface area contributed by atoms with E-state index >= 15 is 0 Å². The first kappa shape index (κ1) is 28.2. The summed E-state index contributed by atoms with van der Waals surface area (Å²) in [5.74, 6) is -1.78. The lowest BCUT2D eigenvalue weighted by molar-refractivity contribution is -0.121. The lowest BCUT2D eigenvalue weighted by Crippen LogP contribution is -2.43. The molecule has 1 aromatic rings. The van der Waals surface area contributed by atoms with Crippen LogP contribution >= 0.6 is 11.9 Å². The zero-order valence-corrected chi connectivity index (χ0v) is 21.3. The first-order valence-corrected chi connectivity index (χ1v) is 12.7. The van der Waals surface area contributed by atoms with Crippen molar-refractivity contribution < 1.29 is 27.5 Å². The van der Waals surface area contributed by atoms with E-state index in [-0.39, 0.29) is 36.1 Å². The molecule has 0 radical (unpaired) electrons. The number of halogens is 3. The molecule has 2 aliphatic rings. The van der Waals surface area contributed by atoms with E-state index in [1.807, 2.05) is 20.8 Å². The minimum Gasteiger partial charge on any atom is -0.490 e. The first-order valence-electron chi connectivity index (χ1n) is 11.9. The number of nitrogens with zero attached hydrogens (tertiary/aromatic N) is 1. The number of hydrogen-bond acceptors (Lipinski definition) is 5. The molecule has 5 atom stereocenters. The molecule has 190 valence electrons. The number of carbonyl (C=O) groups excluding carboxylic acids is 2. The number of ketones is 1. The fourth-order valence-corrected chi connectivity index (χ4v) is 5.02. The van der Waals surface area contributed by atoms with Crippen LogP contribution in [0.5, 0.6) is 5.75 Å². The highest BCUT2D eigenvalue weighted by molar-refractivity contribution is 7.99. The molecule has 0 bridgehead atoms. The number of amides is 1. The number of carbonyl (C=O) groups is 2. The molecular formula is C25H35F3N2O3S. The van der Waals surface area contributed by atoms with Crippen molar-refractivity contribution >= 4 is 29.4 Å². The van der Waals surface area contributed by atoms with Gasteiger partial charge in [-0.1, -0.05) is 27.7 Å². The zero-order valence-electron chi connectivity index (χ0n) is 20.4. The molecule has 1 fully saturated rings. The number of alkyl halides is 1. The van der Waals surface area contributed by atoms with Gasteiger partial charge >= 0.3 is 0 Å². The molecule has 34 heavy (non-hydrogen) atoms. The van der Waals surface area contributed by atoms with E-state index in [9.17, 15) is 22.8 Å². The highest BCUT2D eigenvalue weighted by Gasteiger charge is 2.39. The Morgan fingerprint density at radius 3 is 2.35 bits per heavy atom. The first-order chi connectivity index (χ1) is 16.1. The van der Waals surface area contributed by atoms with Crippen LogP contribution in [0.15, 0.2) is 22.6 Å². The van der Waals surface area contributed by atoms with Crippen molar-refractivity contribution in [2.45, 2.75) is 90.3 Å². The summed E-state index contributed by atoms with van der Waals surface area (Å²) in [7, 11) is 0. The van der Waals surface area contributed by atoms with Crippen LogP contribution in [0, 0.1) is 23.5 Å². The fraction of sp³-hybridized carbons (Fsp3) is 0.640. The van der Waals surface area contributed by atoms with Gasteiger partial charge in [-0.3, -0.25) is 9.59 Å². The van der Waals surface area contributed by atoms with Crippen LogP contribution in [0.1, 0.15) is 66.7 Å². The van der Waals surface area contributed by atoms with Gasteiger partial charge in [-0.2, -0.15) is 0 Å². The third kappa shape index (κ3) is 7.48. The topological polar surface area (TPSA) is 67.8 Å². The van der Waals surface area contributed by atoms with Gasteiger partial charge in [-0.15, -0.1) is 0 Å². The Balaban J connectivity index is 0.000000257. The lowest BCUT2D eigenvalue weighted by atomic mass is 9.98. The maximum Gasteiger partial charge on any atom is 0.266 e. The standard InChI is InChI=1S/C14H21FN2O2S.C11H14F2O/c1-4-12-7(2)13(17-20-12)14(19)16-11-6-9(8(3)18)5-10(11)15;1-3-8(4-2)14-9-5-6-10(12)11(13)7-9/h7,9-12H,4-6H2,1-3H3,(H,16,19);5-8H,3-4H2,1-2H3. The van der Waals surface area contributed by atoms with Crippen LogP contribution in [-0.2, 0) is 9.59 Å². The van der Waals surface area contributed by atoms with Gasteiger partial charge in [-0.05, 0) is 63.1 Å². The van der Waals surface area contributed by atoms with Crippen LogP contribution < -0.4 is 10.1 Å². The van der Waals surface area contributed by atoms with E-state index in [2.05, 4.69) is 16.6 Å². The van der Waals surface area contributed by atoms with E-state index in [1.54, 1.807) is 0 Å². The Morgan fingerprint density at radius 2 is 1.85 bits per heavy atom. The molecular weight excluding hydrogens is 465 g/mol. The normalized spacial score (nSPS) is 26.0. The second-order valence-corrected chi connectivity index (χ2v) is 9.82. The van der Waals surface area contributed by atoms with Gasteiger partial charge in [0.15, 0.2) is 11.6 Å². The molecule has 1 aliphatic heterocycles. The number of rotatable bonds is 8. The highest BCUT2D eigenvalue weighted by atomic mass is 32.2. The Kier molecular flexibility index (Phi) is 10.9. The third-order valence-corrected chi connectivity index (χ3v) is 7.71. The number of ether oxygens (including phenoxy) is 1. The van der Waals surface area contributed by atoms with E-state index in [1.165, 1.54) is 24.9 Å². The summed E-state index contributed by atoms with van der Waals surface area (Å²) in [5.41, 5.74) is 0.500. The lowest BCUT2D eigenvalue weighted by Gasteiger charge is -2.17. The second-order valence-electron chi connectivity index (χ2n) is 8.82. The van der Waals surface area contributed by atoms with E-state index < -0.39 is 23.8 Å². The van der Waals surface area contributed by atoms with Gasteiger partial charge in [0.2, 0.25) is 0 Å². The Bertz CT molecular complexity index is 879. The molecule has 0 spiro atoms. The molecule has 0 saturated heterocycles. The average molecular weight is 501 g/mol. The molecule has 0 aromatic heterocycles. The van der Waals surface area contributed by atoms with Crippen LogP contribution in [0.2, 0.25) is 0 Å². The van der Waals surface area contributed by atoms with Crippen molar-refractivity contribution in [3.05, 3.63) is 29.8 Å². The fourth-order valence-electron chi connectivity index (χ4n) is 4.06. The van der Waals surface area contributed by atoms with Crippen LogP contribution in [0.3, 0.4) is 0 Å². The number of hydrogen-bond donors (Lipinski definition) is 1. The molecule has 1 aromatic carbocycles. The summed E-state index contributed by atoms with van der Waals surface area (Å²) >= 11 is 1.43. The van der Waals surface area contributed by atoms with Gasteiger partial charge < -0.3 is 10.1 Å². The summed E-state index contributed by atoms with van der Waals surface area (Å²) in [5, 5.41) is 3.04. The van der Waals surface area contributed by atoms with Crippen molar-refractivity contribution in [3.63, 3.8) is 0 Å². The van der Waals surface area contributed by atoms with Gasteiger partial charge in [0.05, 0.1) is 12.1 Å². The predicted molar refractivity (Wildman–Crippen MR) is 130 cm³/mol. The summed E-state index contributed by atoms with van der Waals surface area (Å²) in [6, 6.07) is 3.04. The Hall–Kier alpha value is -2.03. The Labute approximate surface area is 204 Å². The van der Waals surface area contributed by atoms with Crippen LogP contribution in [0.4, 0.5) is 13.2 Å². The zero-order chi connectivity index (χ0) is 25.4. The second kappa shape index (κ2) is 13.2. The monoisotopic (exact) mass is 500 g/mol. The number of benzene rings is 1. The van der Waals surface area contributed by atoms with Gasteiger partial charge in [0, 0.05) is 23.2 Å². The summed E-state index contributed by atoms with van der Waals surface area (Å²) < 4.78 is 48.9. The highest BCUT2D eigenvalue weighted by Crippen LogP contribution is 2.33. The molecule has 1 heterocycles. The van der Waals surface area contributed by atoms with Crippen molar-refractivity contribution in [1.82, 2.24) is 5.32 Å². The molecule has 9 heteroatoms. The van der Waals surface area contributed by atoms with Gasteiger partial charge in [-0.25, -0.2) is 17.6 Å².